The number of nitro groups is 1. The third kappa shape index (κ3) is 3.54. The zero-order chi connectivity index (χ0) is 13.8. The molecule has 1 aliphatic rings. The molecule has 7 heteroatoms. The van der Waals surface area contributed by atoms with Gasteiger partial charge in [0.05, 0.1) is 17.1 Å². The molecular weight excluding hydrogens is 246 g/mol. The van der Waals surface area contributed by atoms with Crippen molar-refractivity contribution in [2.24, 2.45) is 0 Å². The number of rotatable bonds is 5. The topological polar surface area (TPSA) is 83.3 Å². The van der Waals surface area contributed by atoms with Crippen molar-refractivity contribution >= 4 is 17.3 Å². The van der Waals surface area contributed by atoms with Crippen molar-refractivity contribution in [1.29, 1.82) is 0 Å². The molecule has 1 atom stereocenters. The molecule has 0 amide bonds. The molecule has 2 heterocycles. The molecule has 1 aliphatic heterocycles. The Hall–Kier alpha value is -1.89. The quantitative estimate of drug-likeness (QED) is 0.620. The van der Waals surface area contributed by atoms with Crippen molar-refractivity contribution < 1.29 is 4.92 Å². The predicted molar refractivity (Wildman–Crippen MR) is 74.6 cm³/mol. The van der Waals surface area contributed by atoms with Gasteiger partial charge < -0.3 is 15.5 Å². The zero-order valence-electron chi connectivity index (χ0n) is 11.2. The molecule has 0 spiro atoms. The maximum absolute atomic E-state index is 10.9. The molecule has 1 fully saturated rings. The van der Waals surface area contributed by atoms with Crippen LogP contribution < -0.4 is 10.6 Å². The molecule has 0 radical (unpaired) electrons. The molecule has 0 bridgehead atoms. The van der Waals surface area contributed by atoms with E-state index in [1.54, 1.807) is 0 Å². The Kier molecular flexibility index (Phi) is 4.16. The van der Waals surface area contributed by atoms with Crippen molar-refractivity contribution in [3.8, 4) is 0 Å². The molecule has 2 rings (SSSR count). The first-order valence-electron chi connectivity index (χ1n) is 6.44. The number of anilines is 2. The average molecular weight is 265 g/mol. The monoisotopic (exact) mass is 265 g/mol. The number of likely N-dealkylation sites (N-methyl/N-ethyl adjacent to an activating group) is 1. The average Bonchev–Trinajstić information content (AvgIpc) is 2.75. The molecule has 1 unspecified atom stereocenters. The van der Waals surface area contributed by atoms with Gasteiger partial charge in [0.2, 0.25) is 0 Å². The SMILES string of the molecule is CCNc1cc([N+](=O)[O-])cc(NC2CCN(C)C2)n1. The normalized spacial score (nSPS) is 19.4. The van der Waals surface area contributed by atoms with Gasteiger partial charge in [-0.15, -0.1) is 0 Å². The molecule has 0 saturated carbocycles. The Morgan fingerprint density at radius 2 is 2.26 bits per heavy atom. The highest BCUT2D eigenvalue weighted by atomic mass is 16.6. The van der Waals surface area contributed by atoms with E-state index in [2.05, 4.69) is 27.6 Å². The summed E-state index contributed by atoms with van der Waals surface area (Å²) in [6.07, 6.45) is 1.03. The Morgan fingerprint density at radius 3 is 2.84 bits per heavy atom. The molecule has 2 N–H and O–H groups in total. The molecule has 1 aromatic rings. The second kappa shape index (κ2) is 5.83. The van der Waals surface area contributed by atoms with Crippen molar-refractivity contribution in [3.63, 3.8) is 0 Å². The van der Waals surface area contributed by atoms with Gasteiger partial charge >= 0.3 is 0 Å². The molecular formula is C12H19N5O2. The number of hydrogen-bond acceptors (Lipinski definition) is 6. The second-order valence-corrected chi connectivity index (χ2v) is 4.78. The highest BCUT2D eigenvalue weighted by Gasteiger charge is 2.20. The van der Waals surface area contributed by atoms with Crippen LogP contribution >= 0.6 is 0 Å². The molecule has 0 aromatic carbocycles. The molecule has 1 aromatic heterocycles. The number of likely N-dealkylation sites (tertiary alicyclic amines) is 1. The van der Waals surface area contributed by atoms with Crippen molar-refractivity contribution in [1.82, 2.24) is 9.88 Å². The Balaban J connectivity index is 2.16. The largest absolute Gasteiger partial charge is 0.370 e. The number of nitrogens with zero attached hydrogens (tertiary/aromatic N) is 3. The van der Waals surface area contributed by atoms with E-state index in [1.807, 2.05) is 6.92 Å². The van der Waals surface area contributed by atoms with Gasteiger partial charge in [0.1, 0.15) is 11.6 Å². The maximum Gasteiger partial charge on any atom is 0.276 e. The molecule has 7 nitrogen and oxygen atoms in total. The van der Waals surface area contributed by atoms with Gasteiger partial charge in [0.25, 0.3) is 5.69 Å². The zero-order valence-corrected chi connectivity index (χ0v) is 11.2. The highest BCUT2D eigenvalue weighted by Crippen LogP contribution is 2.22. The maximum atomic E-state index is 10.9. The van der Waals surface area contributed by atoms with E-state index in [1.165, 1.54) is 12.1 Å². The molecule has 0 aliphatic carbocycles. The summed E-state index contributed by atoms with van der Waals surface area (Å²) in [6.45, 7) is 4.58. The van der Waals surface area contributed by atoms with Gasteiger partial charge in [-0.05, 0) is 26.9 Å². The smallest absolute Gasteiger partial charge is 0.276 e. The van der Waals surface area contributed by atoms with Gasteiger partial charge in [-0.2, -0.15) is 0 Å². The van der Waals surface area contributed by atoms with E-state index < -0.39 is 4.92 Å². The first-order valence-corrected chi connectivity index (χ1v) is 6.44. The first kappa shape index (κ1) is 13.5. The van der Waals surface area contributed by atoms with Crippen LogP contribution in [-0.4, -0.2) is 47.5 Å². The summed E-state index contributed by atoms with van der Waals surface area (Å²) < 4.78 is 0. The summed E-state index contributed by atoms with van der Waals surface area (Å²) in [5, 5.41) is 17.2. The summed E-state index contributed by atoms with van der Waals surface area (Å²) in [7, 11) is 2.06. The van der Waals surface area contributed by atoms with Crippen LogP contribution in [-0.2, 0) is 0 Å². The predicted octanol–water partition coefficient (Wildman–Crippen LogP) is 1.54. The molecule has 19 heavy (non-hydrogen) atoms. The van der Waals surface area contributed by atoms with Gasteiger partial charge in [-0.25, -0.2) is 4.98 Å². The minimum absolute atomic E-state index is 0.0554. The lowest BCUT2D eigenvalue weighted by molar-refractivity contribution is -0.384. The second-order valence-electron chi connectivity index (χ2n) is 4.78. The van der Waals surface area contributed by atoms with Crippen LogP contribution in [0.25, 0.3) is 0 Å². The molecule has 104 valence electrons. The first-order chi connectivity index (χ1) is 9.08. The standard InChI is InChI=1S/C12H19N5O2/c1-3-13-11-6-10(17(18)19)7-12(15-11)14-9-4-5-16(2)8-9/h6-7,9H,3-5,8H2,1-2H3,(H2,13,14,15). The van der Waals surface area contributed by atoms with Crippen LogP contribution in [0.5, 0.6) is 0 Å². The lowest BCUT2D eigenvalue weighted by atomic mass is 10.2. The number of hydrogen-bond donors (Lipinski definition) is 2. The Morgan fingerprint density at radius 1 is 1.53 bits per heavy atom. The van der Waals surface area contributed by atoms with Gasteiger partial charge in [0, 0.05) is 19.1 Å². The van der Waals surface area contributed by atoms with Crippen molar-refractivity contribution in [2.75, 3.05) is 37.3 Å². The van der Waals surface area contributed by atoms with Gasteiger partial charge in [0.15, 0.2) is 0 Å². The third-order valence-corrected chi connectivity index (χ3v) is 3.12. The van der Waals surface area contributed by atoms with E-state index >= 15 is 0 Å². The van der Waals surface area contributed by atoms with Crippen LogP contribution in [0.3, 0.4) is 0 Å². The van der Waals surface area contributed by atoms with E-state index in [0.29, 0.717) is 24.2 Å². The summed E-state index contributed by atoms with van der Waals surface area (Å²) in [4.78, 5) is 17.1. The third-order valence-electron chi connectivity index (χ3n) is 3.12. The fraction of sp³-hybridized carbons (Fsp3) is 0.583. The lowest BCUT2D eigenvalue weighted by Gasteiger charge is -2.14. The summed E-state index contributed by atoms with van der Waals surface area (Å²) in [5.74, 6) is 1.09. The van der Waals surface area contributed by atoms with Crippen molar-refractivity contribution in [3.05, 3.63) is 22.2 Å². The number of pyridine rings is 1. The summed E-state index contributed by atoms with van der Waals surface area (Å²) >= 11 is 0. The van der Waals surface area contributed by atoms with E-state index in [9.17, 15) is 10.1 Å². The van der Waals surface area contributed by atoms with E-state index in [-0.39, 0.29) is 5.69 Å². The fourth-order valence-corrected chi connectivity index (χ4v) is 2.23. The summed E-state index contributed by atoms with van der Waals surface area (Å²) in [5.41, 5.74) is 0.0554. The molecule has 1 saturated heterocycles. The fourth-order valence-electron chi connectivity index (χ4n) is 2.23. The number of aromatic nitrogens is 1. The van der Waals surface area contributed by atoms with Gasteiger partial charge in [-0.3, -0.25) is 10.1 Å². The van der Waals surface area contributed by atoms with Crippen molar-refractivity contribution in [2.45, 2.75) is 19.4 Å². The summed E-state index contributed by atoms with van der Waals surface area (Å²) in [6, 6.07) is 3.24. The van der Waals surface area contributed by atoms with Crippen LogP contribution in [0.15, 0.2) is 12.1 Å². The highest BCUT2D eigenvalue weighted by molar-refractivity contribution is 5.55. The Labute approximate surface area is 112 Å². The lowest BCUT2D eigenvalue weighted by Crippen LogP contribution is -2.24. The Bertz CT molecular complexity index is 465. The minimum atomic E-state index is -0.394. The van der Waals surface area contributed by atoms with Crippen LogP contribution in [0.2, 0.25) is 0 Å². The van der Waals surface area contributed by atoms with Crippen LogP contribution in [0.1, 0.15) is 13.3 Å². The van der Waals surface area contributed by atoms with Gasteiger partial charge in [-0.1, -0.05) is 0 Å². The minimum Gasteiger partial charge on any atom is -0.370 e. The van der Waals surface area contributed by atoms with E-state index in [0.717, 1.165) is 19.5 Å². The van der Waals surface area contributed by atoms with Crippen LogP contribution in [0.4, 0.5) is 17.3 Å². The van der Waals surface area contributed by atoms with E-state index in [4.69, 9.17) is 0 Å². The van der Waals surface area contributed by atoms with Crippen LogP contribution in [0, 0.1) is 10.1 Å². The number of nitrogens with one attached hydrogen (secondary N) is 2.